The number of nitrogens with zero attached hydrogens (tertiary/aromatic N) is 6. The van der Waals surface area contributed by atoms with Crippen LogP contribution in [0.4, 0.5) is 0 Å². The molecule has 1 amide bonds. The van der Waals surface area contributed by atoms with E-state index < -0.39 is 0 Å². The minimum atomic E-state index is -0.240. The highest BCUT2D eigenvalue weighted by Crippen LogP contribution is 2.15. The lowest BCUT2D eigenvalue weighted by Crippen LogP contribution is -2.26. The molecular weight excluding hydrogens is 338 g/mol. The number of carbonyl (C=O) groups is 1. The van der Waals surface area contributed by atoms with Gasteiger partial charge in [-0.05, 0) is 26.0 Å². The van der Waals surface area contributed by atoms with Crippen LogP contribution in [0.3, 0.4) is 0 Å². The number of hydrogen-bond acceptors (Lipinski definition) is 6. The fourth-order valence-corrected chi connectivity index (χ4v) is 3.21. The number of rotatable bonds is 7. The first kappa shape index (κ1) is 17.2. The summed E-state index contributed by atoms with van der Waals surface area (Å²) in [4.78, 5) is 12.2. The summed E-state index contributed by atoms with van der Waals surface area (Å²) in [5.74, 6) is 1.36. The Balaban J connectivity index is 1.51. The predicted octanol–water partition coefficient (Wildman–Crippen LogP) is 1.71. The molecule has 0 aliphatic heterocycles. The molecule has 0 radical (unpaired) electrons. The van der Waals surface area contributed by atoms with Crippen molar-refractivity contribution in [1.29, 1.82) is 0 Å². The van der Waals surface area contributed by atoms with Gasteiger partial charge in [-0.25, -0.2) is 4.68 Å². The number of amides is 1. The van der Waals surface area contributed by atoms with E-state index in [0.29, 0.717) is 18.0 Å². The van der Waals surface area contributed by atoms with Gasteiger partial charge in [0, 0.05) is 18.8 Å². The Morgan fingerprint density at radius 1 is 1.20 bits per heavy atom. The van der Waals surface area contributed by atoms with Crippen LogP contribution in [0.25, 0.3) is 5.69 Å². The summed E-state index contributed by atoms with van der Waals surface area (Å²) in [5.41, 5.74) is 1.15. The zero-order valence-corrected chi connectivity index (χ0v) is 14.9. The first-order valence-corrected chi connectivity index (χ1v) is 8.96. The molecule has 0 fully saturated rings. The molecule has 0 spiro atoms. The lowest BCUT2D eigenvalue weighted by molar-refractivity contribution is 0.0951. The largest absolute Gasteiger partial charge is 0.350 e. The normalized spacial score (nSPS) is 10.8. The van der Waals surface area contributed by atoms with Gasteiger partial charge in [-0.3, -0.25) is 4.79 Å². The van der Waals surface area contributed by atoms with Gasteiger partial charge in [0.15, 0.2) is 10.9 Å². The molecule has 0 aliphatic carbocycles. The smallest absolute Gasteiger partial charge is 0.273 e. The van der Waals surface area contributed by atoms with Crippen molar-refractivity contribution in [3.05, 3.63) is 48.0 Å². The maximum atomic E-state index is 12.2. The SMILES string of the molecule is CCn1c(C)nnc1SCCNC(=O)c1cn(-c2ccccc2)nn1. The number of hydrogen-bond donors (Lipinski definition) is 1. The van der Waals surface area contributed by atoms with E-state index >= 15 is 0 Å². The third-order valence-electron chi connectivity index (χ3n) is 3.58. The van der Waals surface area contributed by atoms with Crippen molar-refractivity contribution in [2.45, 2.75) is 25.5 Å². The van der Waals surface area contributed by atoms with Crippen molar-refractivity contribution in [3.63, 3.8) is 0 Å². The van der Waals surface area contributed by atoms with Gasteiger partial charge >= 0.3 is 0 Å². The van der Waals surface area contributed by atoms with Crippen molar-refractivity contribution in [2.75, 3.05) is 12.3 Å². The summed E-state index contributed by atoms with van der Waals surface area (Å²) in [5, 5.41) is 19.8. The van der Waals surface area contributed by atoms with E-state index in [1.165, 1.54) is 0 Å². The summed E-state index contributed by atoms with van der Waals surface area (Å²) in [6.45, 7) is 5.32. The maximum Gasteiger partial charge on any atom is 0.273 e. The quantitative estimate of drug-likeness (QED) is 0.511. The number of benzene rings is 1. The van der Waals surface area contributed by atoms with Gasteiger partial charge < -0.3 is 9.88 Å². The van der Waals surface area contributed by atoms with E-state index in [9.17, 15) is 4.79 Å². The Bertz CT molecular complexity index is 843. The van der Waals surface area contributed by atoms with Crippen LogP contribution < -0.4 is 5.32 Å². The minimum Gasteiger partial charge on any atom is -0.350 e. The van der Waals surface area contributed by atoms with Crippen molar-refractivity contribution in [3.8, 4) is 5.69 Å². The fraction of sp³-hybridized carbons (Fsp3) is 0.312. The van der Waals surface area contributed by atoms with Crippen LogP contribution in [0, 0.1) is 6.92 Å². The van der Waals surface area contributed by atoms with Gasteiger partial charge in [0.1, 0.15) is 5.82 Å². The summed E-state index contributed by atoms with van der Waals surface area (Å²) < 4.78 is 3.62. The molecule has 8 nitrogen and oxygen atoms in total. The van der Waals surface area contributed by atoms with Crippen molar-refractivity contribution in [1.82, 2.24) is 35.1 Å². The molecule has 1 N–H and O–H groups in total. The summed E-state index contributed by atoms with van der Waals surface area (Å²) in [7, 11) is 0. The van der Waals surface area contributed by atoms with Gasteiger partial charge in [0.25, 0.3) is 5.91 Å². The van der Waals surface area contributed by atoms with E-state index in [1.54, 1.807) is 22.6 Å². The van der Waals surface area contributed by atoms with Crippen LogP contribution in [-0.4, -0.2) is 48.0 Å². The lowest BCUT2D eigenvalue weighted by Gasteiger charge is -2.05. The third kappa shape index (κ3) is 4.05. The molecule has 2 aromatic heterocycles. The molecule has 9 heteroatoms. The van der Waals surface area contributed by atoms with Crippen molar-refractivity contribution in [2.24, 2.45) is 0 Å². The number of aromatic nitrogens is 6. The van der Waals surface area contributed by atoms with Crippen molar-refractivity contribution >= 4 is 17.7 Å². The van der Waals surface area contributed by atoms with Crippen LogP contribution in [0.5, 0.6) is 0 Å². The topological polar surface area (TPSA) is 90.5 Å². The van der Waals surface area contributed by atoms with Crippen LogP contribution >= 0.6 is 11.8 Å². The Kier molecular flexibility index (Phi) is 5.44. The number of nitrogens with one attached hydrogen (secondary N) is 1. The zero-order valence-electron chi connectivity index (χ0n) is 14.1. The highest BCUT2D eigenvalue weighted by molar-refractivity contribution is 7.99. The molecule has 0 unspecified atom stereocenters. The van der Waals surface area contributed by atoms with E-state index in [0.717, 1.165) is 23.2 Å². The van der Waals surface area contributed by atoms with E-state index in [-0.39, 0.29) is 5.91 Å². The van der Waals surface area contributed by atoms with Gasteiger partial charge in [0.05, 0.1) is 11.9 Å². The molecule has 0 saturated heterocycles. The second-order valence-corrected chi connectivity index (χ2v) is 6.32. The van der Waals surface area contributed by atoms with E-state index in [4.69, 9.17) is 0 Å². The summed E-state index contributed by atoms with van der Waals surface area (Å²) in [6.07, 6.45) is 1.62. The Hall–Kier alpha value is -2.68. The Labute approximate surface area is 149 Å². The second-order valence-electron chi connectivity index (χ2n) is 5.26. The highest BCUT2D eigenvalue weighted by atomic mass is 32.2. The standard InChI is InChI=1S/C16H19N7OS/c1-3-22-12(2)18-20-16(22)25-10-9-17-15(24)14-11-23(21-19-14)13-7-5-4-6-8-13/h4-8,11H,3,9-10H2,1-2H3,(H,17,24). The average Bonchev–Trinajstić information content (AvgIpc) is 3.26. The molecule has 0 bridgehead atoms. The Morgan fingerprint density at radius 3 is 2.76 bits per heavy atom. The maximum absolute atomic E-state index is 12.2. The van der Waals surface area contributed by atoms with Gasteiger partial charge in [-0.1, -0.05) is 35.2 Å². The summed E-state index contributed by atoms with van der Waals surface area (Å²) >= 11 is 1.57. The molecule has 0 atom stereocenters. The zero-order chi connectivity index (χ0) is 17.6. The van der Waals surface area contributed by atoms with E-state index in [1.807, 2.05) is 41.8 Å². The van der Waals surface area contributed by atoms with E-state index in [2.05, 4.69) is 32.7 Å². The molecular formula is C16H19N7OS. The average molecular weight is 357 g/mol. The van der Waals surface area contributed by atoms with Crippen molar-refractivity contribution < 1.29 is 4.79 Å². The lowest BCUT2D eigenvalue weighted by atomic mass is 10.3. The fourth-order valence-electron chi connectivity index (χ4n) is 2.30. The number of thioether (sulfide) groups is 1. The number of para-hydroxylation sites is 1. The molecule has 0 aliphatic rings. The molecule has 3 rings (SSSR count). The second kappa shape index (κ2) is 7.93. The summed E-state index contributed by atoms with van der Waals surface area (Å²) in [6, 6.07) is 9.54. The van der Waals surface area contributed by atoms with Crippen LogP contribution in [0.15, 0.2) is 41.7 Å². The molecule has 130 valence electrons. The minimum absolute atomic E-state index is 0.240. The molecule has 0 saturated carbocycles. The van der Waals surface area contributed by atoms with Gasteiger partial charge in [-0.2, -0.15) is 0 Å². The predicted molar refractivity (Wildman–Crippen MR) is 94.8 cm³/mol. The third-order valence-corrected chi connectivity index (χ3v) is 4.55. The molecule has 1 aromatic carbocycles. The highest BCUT2D eigenvalue weighted by Gasteiger charge is 2.12. The number of carbonyl (C=O) groups excluding carboxylic acids is 1. The van der Waals surface area contributed by atoms with Gasteiger partial charge in [0.2, 0.25) is 0 Å². The van der Waals surface area contributed by atoms with Gasteiger partial charge in [-0.15, -0.1) is 15.3 Å². The first-order chi connectivity index (χ1) is 12.2. The molecule has 2 heterocycles. The molecule has 25 heavy (non-hydrogen) atoms. The van der Waals surface area contributed by atoms with Crippen LogP contribution in [-0.2, 0) is 6.54 Å². The molecule has 3 aromatic rings. The van der Waals surface area contributed by atoms with Crippen LogP contribution in [0.2, 0.25) is 0 Å². The Morgan fingerprint density at radius 2 is 2.00 bits per heavy atom. The monoisotopic (exact) mass is 357 g/mol. The van der Waals surface area contributed by atoms with Crippen LogP contribution in [0.1, 0.15) is 23.2 Å². The number of aryl methyl sites for hydroxylation is 1. The first-order valence-electron chi connectivity index (χ1n) is 7.97.